The normalized spacial score (nSPS) is 10.4. The zero-order valence-corrected chi connectivity index (χ0v) is 14.3. The van der Waals surface area contributed by atoms with Crippen LogP contribution in [0.15, 0.2) is 42.5 Å². The minimum atomic E-state index is -0.831. The predicted molar refractivity (Wildman–Crippen MR) is 92.6 cm³/mol. The van der Waals surface area contributed by atoms with Crippen molar-refractivity contribution in [3.8, 4) is 0 Å². The van der Waals surface area contributed by atoms with E-state index in [2.05, 4.69) is 5.32 Å². The van der Waals surface area contributed by atoms with Crippen molar-refractivity contribution < 1.29 is 18.4 Å². The molecule has 7 heteroatoms. The van der Waals surface area contributed by atoms with E-state index in [1.807, 2.05) is 0 Å². The molecular formula is C18H17ClF2N2O2. The molecule has 0 saturated heterocycles. The van der Waals surface area contributed by atoms with Gasteiger partial charge in [-0.2, -0.15) is 0 Å². The van der Waals surface area contributed by atoms with Crippen LogP contribution in [0.1, 0.15) is 12.5 Å². The minimum Gasteiger partial charge on any atom is -0.354 e. The largest absolute Gasteiger partial charge is 0.354 e. The van der Waals surface area contributed by atoms with Crippen LogP contribution in [0, 0.1) is 11.6 Å². The van der Waals surface area contributed by atoms with E-state index in [0.717, 1.165) is 22.6 Å². The zero-order valence-electron chi connectivity index (χ0n) is 13.6. The fourth-order valence-electron chi connectivity index (χ4n) is 2.33. The molecule has 0 aliphatic carbocycles. The Morgan fingerprint density at radius 2 is 1.68 bits per heavy atom. The van der Waals surface area contributed by atoms with Crippen molar-refractivity contribution >= 4 is 29.1 Å². The van der Waals surface area contributed by atoms with E-state index >= 15 is 0 Å². The Morgan fingerprint density at radius 3 is 2.24 bits per heavy atom. The Balaban J connectivity index is 1.94. The number of halogens is 3. The molecule has 4 nitrogen and oxygen atoms in total. The Morgan fingerprint density at radius 1 is 1.08 bits per heavy atom. The lowest BCUT2D eigenvalue weighted by molar-refractivity contribution is -0.121. The van der Waals surface area contributed by atoms with E-state index in [1.54, 1.807) is 24.3 Å². The zero-order chi connectivity index (χ0) is 18.4. The summed E-state index contributed by atoms with van der Waals surface area (Å²) >= 11 is 5.78. The number of anilines is 1. The molecule has 0 bridgehead atoms. The number of nitrogens with one attached hydrogen (secondary N) is 1. The smallest absolute Gasteiger partial charge is 0.224 e. The molecule has 2 aromatic carbocycles. The van der Waals surface area contributed by atoms with Crippen molar-refractivity contribution in [3.63, 3.8) is 0 Å². The number of carbonyl (C=O) groups excluding carboxylic acids is 2. The first-order chi connectivity index (χ1) is 11.9. The van der Waals surface area contributed by atoms with Crippen LogP contribution in [0.25, 0.3) is 0 Å². The second kappa shape index (κ2) is 8.58. The van der Waals surface area contributed by atoms with Gasteiger partial charge in [0, 0.05) is 25.0 Å². The van der Waals surface area contributed by atoms with Crippen molar-refractivity contribution in [2.75, 3.05) is 18.0 Å². The second-order valence-corrected chi connectivity index (χ2v) is 5.83. The van der Waals surface area contributed by atoms with Gasteiger partial charge >= 0.3 is 0 Å². The topological polar surface area (TPSA) is 49.4 Å². The maximum Gasteiger partial charge on any atom is 0.224 e. The second-order valence-electron chi connectivity index (χ2n) is 5.39. The minimum absolute atomic E-state index is 0.0421. The summed E-state index contributed by atoms with van der Waals surface area (Å²) in [6.07, 6.45) is 0.144. The number of hydrogen-bond acceptors (Lipinski definition) is 2. The van der Waals surface area contributed by atoms with Gasteiger partial charge in [0.1, 0.15) is 17.3 Å². The van der Waals surface area contributed by atoms with Gasteiger partial charge in [-0.3, -0.25) is 9.59 Å². The summed E-state index contributed by atoms with van der Waals surface area (Å²) < 4.78 is 27.7. The summed E-state index contributed by atoms with van der Waals surface area (Å²) in [4.78, 5) is 24.6. The molecule has 2 amide bonds. The van der Waals surface area contributed by atoms with Crippen molar-refractivity contribution in [3.05, 3.63) is 64.7 Å². The van der Waals surface area contributed by atoms with Gasteiger partial charge in [-0.15, -0.1) is 0 Å². The van der Waals surface area contributed by atoms with E-state index in [-0.39, 0.29) is 25.4 Å². The van der Waals surface area contributed by atoms with Gasteiger partial charge in [-0.25, -0.2) is 8.78 Å². The summed E-state index contributed by atoms with van der Waals surface area (Å²) in [5.41, 5.74) is 0.368. The third kappa shape index (κ3) is 5.26. The first kappa shape index (κ1) is 18.9. The Bertz CT molecular complexity index is 746. The molecule has 0 radical (unpaired) electrons. The van der Waals surface area contributed by atoms with E-state index in [4.69, 9.17) is 11.6 Å². The van der Waals surface area contributed by atoms with Gasteiger partial charge in [0.2, 0.25) is 11.8 Å². The summed E-state index contributed by atoms with van der Waals surface area (Å²) in [5.74, 6) is -2.44. The third-order valence-electron chi connectivity index (χ3n) is 3.52. The van der Waals surface area contributed by atoms with Crippen molar-refractivity contribution in [1.29, 1.82) is 0 Å². The van der Waals surface area contributed by atoms with Gasteiger partial charge in [0.25, 0.3) is 0 Å². The summed E-state index contributed by atoms with van der Waals surface area (Å²) in [5, 5.41) is 3.21. The first-order valence-corrected chi connectivity index (χ1v) is 7.99. The first-order valence-electron chi connectivity index (χ1n) is 7.61. The lowest BCUT2D eigenvalue weighted by Crippen LogP contribution is -2.38. The van der Waals surface area contributed by atoms with Crippen LogP contribution < -0.4 is 10.2 Å². The molecule has 0 unspecified atom stereocenters. The fourth-order valence-corrected chi connectivity index (χ4v) is 2.46. The number of hydrogen-bond donors (Lipinski definition) is 1. The average molecular weight is 367 g/mol. The molecule has 0 spiro atoms. The van der Waals surface area contributed by atoms with Crippen LogP contribution in [0.2, 0.25) is 5.02 Å². The maximum atomic E-state index is 13.8. The standard InChI is InChI=1S/C18H17ClF2N2O2/c1-12(24)23(18-15(20)3-2-4-16(18)21)10-9-22-17(25)11-13-5-7-14(19)8-6-13/h2-8H,9-11H2,1H3,(H,22,25). The SMILES string of the molecule is CC(=O)N(CCNC(=O)Cc1ccc(Cl)cc1)c1c(F)cccc1F. The molecule has 0 aliphatic rings. The van der Waals surface area contributed by atoms with Crippen molar-refractivity contribution in [2.24, 2.45) is 0 Å². The quantitative estimate of drug-likeness (QED) is 0.852. The lowest BCUT2D eigenvalue weighted by Gasteiger charge is -2.22. The highest BCUT2D eigenvalue weighted by molar-refractivity contribution is 6.30. The molecule has 2 aromatic rings. The van der Waals surface area contributed by atoms with Crippen molar-refractivity contribution in [2.45, 2.75) is 13.3 Å². The monoisotopic (exact) mass is 366 g/mol. The fraction of sp³-hybridized carbons (Fsp3) is 0.222. The highest BCUT2D eigenvalue weighted by Crippen LogP contribution is 2.23. The van der Waals surface area contributed by atoms with E-state index < -0.39 is 23.2 Å². The number of rotatable bonds is 6. The Hall–Kier alpha value is -2.47. The Labute approximate surface area is 149 Å². The van der Waals surface area contributed by atoms with E-state index in [9.17, 15) is 18.4 Å². The van der Waals surface area contributed by atoms with Gasteiger partial charge in [-0.1, -0.05) is 29.8 Å². The van der Waals surface area contributed by atoms with Gasteiger partial charge in [0.15, 0.2) is 0 Å². The van der Waals surface area contributed by atoms with Gasteiger partial charge in [0.05, 0.1) is 6.42 Å². The average Bonchev–Trinajstić information content (AvgIpc) is 2.55. The number of benzene rings is 2. The number of amides is 2. The van der Waals surface area contributed by atoms with Crippen LogP contribution >= 0.6 is 11.6 Å². The van der Waals surface area contributed by atoms with Gasteiger partial charge < -0.3 is 10.2 Å². The van der Waals surface area contributed by atoms with Gasteiger partial charge in [-0.05, 0) is 29.8 Å². The number of carbonyl (C=O) groups is 2. The highest BCUT2D eigenvalue weighted by atomic mass is 35.5. The molecule has 2 rings (SSSR count). The molecule has 0 heterocycles. The summed E-state index contributed by atoms with van der Waals surface area (Å²) in [6, 6.07) is 10.2. The third-order valence-corrected chi connectivity index (χ3v) is 3.78. The molecule has 0 saturated carbocycles. The lowest BCUT2D eigenvalue weighted by atomic mass is 10.1. The molecular weight excluding hydrogens is 350 g/mol. The van der Waals surface area contributed by atoms with E-state index in [0.29, 0.717) is 5.02 Å². The summed E-state index contributed by atoms with van der Waals surface area (Å²) in [6.45, 7) is 1.24. The number of para-hydroxylation sites is 1. The van der Waals surface area contributed by atoms with Crippen LogP contribution in [0.4, 0.5) is 14.5 Å². The summed E-state index contributed by atoms with van der Waals surface area (Å²) in [7, 11) is 0. The molecule has 0 aromatic heterocycles. The van der Waals surface area contributed by atoms with E-state index in [1.165, 1.54) is 13.0 Å². The predicted octanol–water partition coefficient (Wildman–Crippen LogP) is 3.33. The van der Waals surface area contributed by atoms with Crippen LogP contribution in [-0.2, 0) is 16.0 Å². The van der Waals surface area contributed by atoms with Crippen LogP contribution in [-0.4, -0.2) is 24.9 Å². The molecule has 0 atom stereocenters. The molecule has 25 heavy (non-hydrogen) atoms. The molecule has 0 fully saturated rings. The maximum absolute atomic E-state index is 13.8. The number of nitrogens with zero attached hydrogens (tertiary/aromatic N) is 1. The molecule has 1 N–H and O–H groups in total. The van der Waals surface area contributed by atoms with Crippen LogP contribution in [0.3, 0.4) is 0 Å². The molecule has 132 valence electrons. The highest BCUT2D eigenvalue weighted by Gasteiger charge is 2.19. The Kier molecular flexibility index (Phi) is 6.47. The van der Waals surface area contributed by atoms with Crippen LogP contribution in [0.5, 0.6) is 0 Å². The van der Waals surface area contributed by atoms with Crippen molar-refractivity contribution in [1.82, 2.24) is 5.32 Å². The molecule has 0 aliphatic heterocycles.